The van der Waals surface area contributed by atoms with Gasteiger partial charge < -0.3 is 9.64 Å². The van der Waals surface area contributed by atoms with E-state index >= 15 is 0 Å². The number of pyridine rings is 1. The Morgan fingerprint density at radius 3 is 2.50 bits per heavy atom. The number of ether oxygens (including phenoxy) is 1. The van der Waals surface area contributed by atoms with Gasteiger partial charge in [0.15, 0.2) is 0 Å². The molecule has 2 unspecified atom stereocenters. The lowest BCUT2D eigenvalue weighted by molar-refractivity contribution is -0.157. The van der Waals surface area contributed by atoms with Gasteiger partial charge in [-0.15, -0.1) is 0 Å². The van der Waals surface area contributed by atoms with Gasteiger partial charge in [-0.05, 0) is 75.5 Å². The standard InChI is InChI=1S/C29H39FN2O2/c1-5-21(2)29(15-11-25(12-16-29)34-20-22-9-7-6-8-10-22)27(33)32-26(13-14-28(32,3)4)23-17-24(30)19-31-18-23/h6-10,17-19,21,25-26H,5,11-16,20H2,1-4H3. The Bertz CT molecular complexity index is 969. The molecule has 2 fully saturated rings. The van der Waals surface area contributed by atoms with Crippen molar-refractivity contribution in [2.24, 2.45) is 11.3 Å². The van der Waals surface area contributed by atoms with Crippen LogP contribution >= 0.6 is 0 Å². The first-order valence-corrected chi connectivity index (χ1v) is 12.9. The highest BCUT2D eigenvalue weighted by molar-refractivity contribution is 5.84. The molecule has 2 aliphatic rings. The Kier molecular flexibility index (Phi) is 7.42. The minimum absolute atomic E-state index is 0.126. The highest BCUT2D eigenvalue weighted by atomic mass is 19.1. The second-order valence-electron chi connectivity index (χ2n) is 10.9. The highest BCUT2D eigenvalue weighted by Gasteiger charge is 2.53. The van der Waals surface area contributed by atoms with Crippen molar-refractivity contribution in [2.45, 2.75) is 96.9 Å². The lowest BCUT2D eigenvalue weighted by Crippen LogP contribution is -2.54. The molecule has 0 spiro atoms. The predicted molar refractivity (Wildman–Crippen MR) is 132 cm³/mol. The van der Waals surface area contributed by atoms with Crippen molar-refractivity contribution in [2.75, 3.05) is 0 Å². The van der Waals surface area contributed by atoms with E-state index in [0.717, 1.165) is 50.5 Å². The molecule has 4 rings (SSSR count). The van der Waals surface area contributed by atoms with Crippen molar-refractivity contribution in [1.29, 1.82) is 0 Å². The summed E-state index contributed by atoms with van der Waals surface area (Å²) in [5.41, 5.74) is 1.32. The van der Waals surface area contributed by atoms with E-state index in [1.807, 2.05) is 18.2 Å². The maximum Gasteiger partial charge on any atom is 0.230 e. The molecule has 2 atom stereocenters. The highest BCUT2D eigenvalue weighted by Crippen LogP contribution is 2.51. The molecule has 0 radical (unpaired) electrons. The van der Waals surface area contributed by atoms with Crippen LogP contribution in [0.3, 0.4) is 0 Å². The van der Waals surface area contributed by atoms with Gasteiger partial charge in [0.1, 0.15) is 5.82 Å². The van der Waals surface area contributed by atoms with Crippen molar-refractivity contribution in [3.8, 4) is 0 Å². The van der Waals surface area contributed by atoms with Gasteiger partial charge in [0.05, 0.1) is 30.4 Å². The topological polar surface area (TPSA) is 42.4 Å². The van der Waals surface area contributed by atoms with E-state index in [0.29, 0.717) is 6.61 Å². The summed E-state index contributed by atoms with van der Waals surface area (Å²) in [5, 5.41) is 0. The fourth-order valence-corrected chi connectivity index (χ4v) is 6.11. The van der Waals surface area contributed by atoms with Crippen molar-refractivity contribution in [3.63, 3.8) is 0 Å². The van der Waals surface area contributed by atoms with Crippen molar-refractivity contribution < 1.29 is 13.9 Å². The van der Waals surface area contributed by atoms with Crippen LogP contribution in [0.1, 0.15) is 89.8 Å². The maximum absolute atomic E-state index is 14.5. The van der Waals surface area contributed by atoms with Gasteiger partial charge in [-0.2, -0.15) is 0 Å². The summed E-state index contributed by atoms with van der Waals surface area (Å²) in [6, 6.07) is 11.7. The van der Waals surface area contributed by atoms with Gasteiger partial charge in [0.2, 0.25) is 5.91 Å². The first kappa shape index (κ1) is 24.8. The molecule has 1 aliphatic carbocycles. The van der Waals surface area contributed by atoms with E-state index in [9.17, 15) is 9.18 Å². The van der Waals surface area contributed by atoms with Gasteiger partial charge in [-0.3, -0.25) is 9.78 Å². The quantitative estimate of drug-likeness (QED) is 0.448. The number of amides is 1. The zero-order valence-electron chi connectivity index (χ0n) is 21.1. The van der Waals surface area contributed by atoms with E-state index in [1.54, 1.807) is 12.3 Å². The van der Waals surface area contributed by atoms with Crippen LogP contribution in [0.5, 0.6) is 0 Å². The number of nitrogens with zero attached hydrogens (tertiary/aromatic N) is 2. The molecule has 1 aromatic heterocycles. The van der Waals surface area contributed by atoms with E-state index in [1.165, 1.54) is 11.8 Å². The number of hydrogen-bond acceptors (Lipinski definition) is 3. The van der Waals surface area contributed by atoms with Crippen LogP contribution in [0, 0.1) is 17.2 Å². The number of rotatable bonds is 7. The molecule has 5 heteroatoms. The first-order valence-electron chi connectivity index (χ1n) is 12.9. The molecule has 2 heterocycles. The molecule has 1 saturated carbocycles. The summed E-state index contributed by atoms with van der Waals surface area (Å²) >= 11 is 0. The molecule has 0 bridgehead atoms. The van der Waals surface area contributed by atoms with Crippen LogP contribution in [0.25, 0.3) is 0 Å². The Labute approximate surface area is 203 Å². The van der Waals surface area contributed by atoms with Crippen LogP contribution in [-0.2, 0) is 16.1 Å². The maximum atomic E-state index is 14.5. The monoisotopic (exact) mass is 466 g/mol. The van der Waals surface area contributed by atoms with Crippen LogP contribution in [0.15, 0.2) is 48.8 Å². The second-order valence-corrected chi connectivity index (χ2v) is 10.9. The zero-order valence-corrected chi connectivity index (χ0v) is 21.1. The van der Waals surface area contributed by atoms with E-state index in [2.05, 4.69) is 49.7 Å². The number of carbonyl (C=O) groups excluding carboxylic acids is 1. The molecule has 1 aromatic carbocycles. The van der Waals surface area contributed by atoms with E-state index in [-0.39, 0.29) is 35.3 Å². The first-order chi connectivity index (χ1) is 16.3. The molecule has 1 saturated heterocycles. The van der Waals surface area contributed by atoms with Crippen molar-refractivity contribution in [1.82, 2.24) is 9.88 Å². The van der Waals surface area contributed by atoms with E-state index in [4.69, 9.17) is 4.74 Å². The number of aromatic nitrogens is 1. The molecule has 1 aliphatic heterocycles. The van der Waals surface area contributed by atoms with Crippen LogP contribution < -0.4 is 0 Å². The van der Waals surface area contributed by atoms with Crippen molar-refractivity contribution >= 4 is 5.91 Å². The van der Waals surface area contributed by atoms with Gasteiger partial charge in [-0.25, -0.2) is 4.39 Å². The molecule has 34 heavy (non-hydrogen) atoms. The third kappa shape index (κ3) is 4.91. The summed E-state index contributed by atoms with van der Waals surface area (Å²) in [4.78, 5) is 20.6. The Hall–Kier alpha value is -2.27. The third-order valence-electron chi connectivity index (χ3n) is 8.46. The van der Waals surface area contributed by atoms with Crippen LogP contribution in [-0.4, -0.2) is 27.4 Å². The fourth-order valence-electron chi connectivity index (χ4n) is 6.11. The minimum atomic E-state index is -0.401. The van der Waals surface area contributed by atoms with Gasteiger partial charge in [0, 0.05) is 11.7 Å². The number of hydrogen-bond donors (Lipinski definition) is 0. The second kappa shape index (κ2) is 10.2. The molecule has 1 amide bonds. The fraction of sp³-hybridized carbons (Fsp3) is 0.586. The molecule has 4 nitrogen and oxygen atoms in total. The summed E-state index contributed by atoms with van der Waals surface area (Å²) in [5.74, 6) is 0.167. The number of carbonyl (C=O) groups is 1. The average molecular weight is 467 g/mol. The smallest absolute Gasteiger partial charge is 0.230 e. The van der Waals surface area contributed by atoms with Crippen molar-refractivity contribution in [3.05, 3.63) is 65.7 Å². The van der Waals surface area contributed by atoms with Gasteiger partial charge in [-0.1, -0.05) is 50.6 Å². The van der Waals surface area contributed by atoms with Crippen LogP contribution in [0.4, 0.5) is 4.39 Å². The number of likely N-dealkylation sites (tertiary alicyclic amines) is 1. The largest absolute Gasteiger partial charge is 0.374 e. The normalized spacial score (nSPS) is 27.5. The SMILES string of the molecule is CCC(C)C1(C(=O)N2C(c3cncc(F)c3)CCC2(C)C)CCC(OCc2ccccc2)CC1. The Morgan fingerprint density at radius 2 is 1.85 bits per heavy atom. The summed E-state index contributed by atoms with van der Waals surface area (Å²) in [6.07, 6.45) is 9.28. The molecule has 184 valence electrons. The summed E-state index contributed by atoms with van der Waals surface area (Å²) in [6.45, 7) is 9.32. The Morgan fingerprint density at radius 1 is 1.15 bits per heavy atom. The lowest BCUT2D eigenvalue weighted by atomic mass is 9.63. The number of benzene rings is 1. The van der Waals surface area contributed by atoms with Gasteiger partial charge >= 0.3 is 0 Å². The predicted octanol–water partition coefficient (Wildman–Crippen LogP) is 6.85. The molecule has 0 N–H and O–H groups in total. The summed E-state index contributed by atoms with van der Waals surface area (Å²) in [7, 11) is 0. The van der Waals surface area contributed by atoms with Crippen LogP contribution in [0.2, 0.25) is 0 Å². The average Bonchev–Trinajstić information content (AvgIpc) is 3.17. The zero-order chi connectivity index (χ0) is 24.3. The third-order valence-corrected chi connectivity index (χ3v) is 8.46. The van der Waals surface area contributed by atoms with E-state index < -0.39 is 5.41 Å². The molecule has 2 aromatic rings. The minimum Gasteiger partial charge on any atom is -0.374 e. The lowest BCUT2D eigenvalue weighted by Gasteiger charge is -2.49. The summed E-state index contributed by atoms with van der Waals surface area (Å²) < 4.78 is 20.3. The number of halogens is 1. The van der Waals surface area contributed by atoms with Gasteiger partial charge in [0.25, 0.3) is 0 Å². The molecular weight excluding hydrogens is 427 g/mol. The Balaban J connectivity index is 1.54. The molecular formula is C29H39FN2O2.